The molecule has 0 unspecified atom stereocenters. The van der Waals surface area contributed by atoms with E-state index < -0.39 is 51.4 Å². The first-order valence-electron chi connectivity index (χ1n) is 15.4. The van der Waals surface area contributed by atoms with Crippen LogP contribution in [-0.2, 0) is 27.2 Å². The number of para-hydroxylation sites is 1. The molecule has 6 rings (SSSR count). The van der Waals surface area contributed by atoms with Crippen molar-refractivity contribution in [3.05, 3.63) is 162 Å². The molecule has 0 radical (unpaired) electrons. The number of benzene rings is 5. The Balaban J connectivity index is 1.72. The molecule has 0 bridgehead atoms. The van der Waals surface area contributed by atoms with Crippen LogP contribution in [0.4, 0.5) is 8.78 Å². The highest BCUT2D eigenvalue weighted by Crippen LogP contribution is 2.45. The molecule has 0 aliphatic carbocycles. The molecule has 6 aromatic rings. The Kier molecular flexibility index (Phi) is 9.77. The van der Waals surface area contributed by atoms with Crippen LogP contribution >= 0.6 is 7.92 Å². The van der Waals surface area contributed by atoms with Gasteiger partial charge in [0.2, 0.25) is 0 Å². The summed E-state index contributed by atoms with van der Waals surface area (Å²) in [4.78, 5) is 0.0990. The molecule has 5 aromatic carbocycles. The molecule has 0 aliphatic rings. The second-order valence-electron chi connectivity index (χ2n) is 12.4. The molecule has 0 aliphatic heterocycles. The van der Waals surface area contributed by atoms with Crippen LogP contribution in [0.3, 0.4) is 0 Å². The molecule has 1 aromatic heterocycles. The number of rotatable bonds is 10. The van der Waals surface area contributed by atoms with Crippen LogP contribution in [0.1, 0.15) is 43.6 Å². The van der Waals surface area contributed by atoms with Crippen LogP contribution in [0.25, 0.3) is 10.9 Å². The van der Waals surface area contributed by atoms with E-state index in [-0.39, 0.29) is 16.6 Å². The highest BCUT2D eigenvalue weighted by Gasteiger charge is 2.35. The molecule has 2 atom stereocenters. The van der Waals surface area contributed by atoms with E-state index in [4.69, 9.17) is 0 Å². The average molecular weight is 701 g/mol. The van der Waals surface area contributed by atoms with Gasteiger partial charge in [0.1, 0.15) is 11.6 Å². The molecule has 10 heteroatoms. The molecular weight excluding hydrogens is 666 g/mol. The summed E-state index contributed by atoms with van der Waals surface area (Å²) in [7, 11) is -7.11. The number of fused-ring (bicyclic) bond motifs is 1. The number of nitrogens with one attached hydrogen (secondary N) is 1. The molecule has 1 N–H and O–H groups in total. The Labute approximate surface area is 284 Å². The van der Waals surface area contributed by atoms with Gasteiger partial charge in [0.05, 0.1) is 32.2 Å². The van der Waals surface area contributed by atoms with Gasteiger partial charge in [-0.05, 0) is 75.2 Å². The van der Waals surface area contributed by atoms with E-state index in [0.717, 1.165) is 16.7 Å². The maximum atomic E-state index is 14.9. The van der Waals surface area contributed by atoms with Crippen molar-refractivity contribution in [1.29, 1.82) is 0 Å². The molecule has 0 saturated carbocycles. The zero-order chi connectivity index (χ0) is 34.1. The van der Waals surface area contributed by atoms with Crippen molar-refractivity contribution in [2.75, 3.05) is 0 Å². The van der Waals surface area contributed by atoms with Gasteiger partial charge in [0, 0.05) is 28.9 Å². The topological polar surface area (TPSA) is 68.2 Å². The number of halogens is 2. The summed E-state index contributed by atoms with van der Waals surface area (Å²) in [5.74, 6) is -1.59. The lowest BCUT2D eigenvalue weighted by molar-refractivity contribution is 0.572. The fraction of sp³-hybridized carbons (Fsp3) is 0.158. The number of nitrogens with zero attached hydrogens (tertiary/aromatic N) is 1. The zero-order valence-electron chi connectivity index (χ0n) is 26.7. The lowest BCUT2D eigenvalue weighted by Crippen LogP contribution is -2.36. The van der Waals surface area contributed by atoms with Crippen molar-refractivity contribution in [2.45, 2.75) is 42.6 Å². The summed E-state index contributed by atoms with van der Waals surface area (Å²) in [6.45, 7) is 5.40. The largest absolute Gasteiger partial charge is 0.268 e. The molecule has 246 valence electrons. The van der Waals surface area contributed by atoms with E-state index in [1.165, 1.54) is 16.1 Å². The van der Waals surface area contributed by atoms with Crippen molar-refractivity contribution >= 4 is 50.4 Å². The minimum absolute atomic E-state index is 0.0990. The minimum atomic E-state index is -4.20. The lowest BCUT2D eigenvalue weighted by Gasteiger charge is -2.27. The minimum Gasteiger partial charge on any atom is -0.242 e. The predicted octanol–water partition coefficient (Wildman–Crippen LogP) is 7.93. The Morgan fingerprint density at radius 3 is 1.79 bits per heavy atom. The summed E-state index contributed by atoms with van der Waals surface area (Å²) in [5.41, 5.74) is 1.53. The number of hydrogen-bond acceptors (Lipinski definition) is 3. The van der Waals surface area contributed by atoms with Crippen molar-refractivity contribution in [1.82, 2.24) is 8.69 Å². The number of hydrogen-bond donors (Lipinski definition) is 1. The first kappa shape index (κ1) is 33.9. The Morgan fingerprint density at radius 2 is 1.25 bits per heavy atom. The quantitative estimate of drug-likeness (QED) is 0.148. The third-order valence-electron chi connectivity index (χ3n) is 7.98. The van der Waals surface area contributed by atoms with E-state index in [2.05, 4.69) is 4.72 Å². The van der Waals surface area contributed by atoms with Crippen LogP contribution in [0.15, 0.2) is 138 Å². The summed E-state index contributed by atoms with van der Waals surface area (Å²) < 4.78 is 77.0. The molecule has 1 heterocycles. The lowest BCUT2D eigenvalue weighted by atomic mass is 9.96. The molecule has 0 saturated heterocycles. The van der Waals surface area contributed by atoms with Gasteiger partial charge in [-0.25, -0.2) is 30.1 Å². The molecule has 5 nitrogen and oxygen atoms in total. The van der Waals surface area contributed by atoms with E-state index >= 15 is 0 Å². The highest BCUT2D eigenvalue weighted by molar-refractivity contribution is 7.90. The Morgan fingerprint density at radius 1 is 0.750 bits per heavy atom. The van der Waals surface area contributed by atoms with Gasteiger partial charge in [-0.15, -0.1) is 0 Å². The molecule has 0 amide bonds. The van der Waals surface area contributed by atoms with Gasteiger partial charge >= 0.3 is 0 Å². The standard InChI is InChI=1S/C38H35F2N2O3PS2/c1-38(2,3)47(43)41-37(27-23-28(39)25-29(40)24-27)36-33-21-13-14-22-34(33)42(48(44,45)32-19-11-6-12-20-32)35(36)26-46(30-15-7-4-8-16-30)31-17-9-5-10-18-31/h4-25,37,41H,26H2,1-3H3/t37-,47+/m0/s1. The van der Waals surface area contributed by atoms with Gasteiger partial charge < -0.3 is 0 Å². The predicted molar refractivity (Wildman–Crippen MR) is 193 cm³/mol. The van der Waals surface area contributed by atoms with Gasteiger partial charge in [-0.1, -0.05) is 97.1 Å². The van der Waals surface area contributed by atoms with Gasteiger partial charge in [-0.2, -0.15) is 0 Å². The van der Waals surface area contributed by atoms with Crippen molar-refractivity contribution in [3.63, 3.8) is 0 Å². The average Bonchev–Trinajstić information content (AvgIpc) is 3.40. The van der Waals surface area contributed by atoms with Crippen LogP contribution in [0.2, 0.25) is 0 Å². The van der Waals surface area contributed by atoms with E-state index in [0.29, 0.717) is 22.2 Å². The van der Waals surface area contributed by atoms with Gasteiger partial charge in [0.15, 0.2) is 0 Å². The van der Waals surface area contributed by atoms with Gasteiger partial charge in [-0.3, -0.25) is 0 Å². The molecular formula is C38H35F2N2O3PS2. The van der Waals surface area contributed by atoms with Crippen LogP contribution < -0.4 is 15.3 Å². The normalized spacial score (nSPS) is 13.5. The maximum absolute atomic E-state index is 14.9. The summed E-state index contributed by atoms with van der Waals surface area (Å²) in [6, 6.07) is 37.3. The van der Waals surface area contributed by atoms with E-state index in [1.54, 1.807) is 69.3 Å². The zero-order valence-corrected chi connectivity index (χ0v) is 29.2. The third kappa shape index (κ3) is 6.92. The molecule has 0 spiro atoms. The smallest absolute Gasteiger partial charge is 0.242 e. The Hall–Kier alpha value is -4.01. The SMILES string of the molecule is CC(C)(C)[S@@](=O)N[C@@H](c1cc(F)cc(F)c1)c1c(CP(c2ccccc2)c2ccccc2)n(S(=O)(=O)c2ccccc2)c2ccccc12. The van der Waals surface area contributed by atoms with E-state index in [9.17, 15) is 21.4 Å². The fourth-order valence-electron chi connectivity index (χ4n) is 5.75. The van der Waals surface area contributed by atoms with Crippen molar-refractivity contribution < 1.29 is 21.4 Å². The van der Waals surface area contributed by atoms with Crippen LogP contribution in [-0.4, -0.2) is 21.3 Å². The van der Waals surface area contributed by atoms with Crippen molar-refractivity contribution in [3.8, 4) is 0 Å². The second kappa shape index (κ2) is 13.8. The fourth-order valence-corrected chi connectivity index (χ4v) is 10.6. The maximum Gasteiger partial charge on any atom is 0.268 e. The Bertz CT molecular complexity index is 2130. The van der Waals surface area contributed by atoms with Crippen LogP contribution in [0, 0.1) is 11.6 Å². The van der Waals surface area contributed by atoms with Crippen LogP contribution in [0.5, 0.6) is 0 Å². The summed E-state index contributed by atoms with van der Waals surface area (Å²) in [6.07, 6.45) is 0.261. The second-order valence-corrected chi connectivity index (χ2v) is 18.3. The van der Waals surface area contributed by atoms with Crippen molar-refractivity contribution in [2.24, 2.45) is 0 Å². The highest BCUT2D eigenvalue weighted by atomic mass is 32.2. The van der Waals surface area contributed by atoms with Gasteiger partial charge in [0.25, 0.3) is 10.0 Å². The van der Waals surface area contributed by atoms with E-state index in [1.807, 2.05) is 66.7 Å². The first-order chi connectivity index (χ1) is 22.9. The third-order valence-corrected chi connectivity index (χ3v) is 13.8. The first-order valence-corrected chi connectivity index (χ1v) is 19.5. The summed E-state index contributed by atoms with van der Waals surface area (Å²) in [5, 5.41) is 2.62. The number of aromatic nitrogens is 1. The molecule has 0 fully saturated rings. The summed E-state index contributed by atoms with van der Waals surface area (Å²) >= 11 is 0. The monoisotopic (exact) mass is 700 g/mol. The molecule has 48 heavy (non-hydrogen) atoms.